The zero-order chi connectivity index (χ0) is 15.6. The van der Waals surface area contributed by atoms with Gasteiger partial charge in [-0.25, -0.2) is 9.18 Å². The molecular formula is C17H17FO3. The van der Waals surface area contributed by atoms with Crippen molar-refractivity contribution in [2.45, 2.75) is 26.4 Å². The van der Waals surface area contributed by atoms with Gasteiger partial charge in [0.2, 0.25) is 0 Å². The van der Waals surface area contributed by atoms with Crippen LogP contribution in [0.1, 0.15) is 31.1 Å². The van der Waals surface area contributed by atoms with Gasteiger partial charge in [0.25, 0.3) is 0 Å². The van der Waals surface area contributed by atoms with Gasteiger partial charge in [-0.05, 0) is 38.5 Å². The lowest BCUT2D eigenvalue weighted by atomic mass is 10.0. The number of phenols is 1. The van der Waals surface area contributed by atoms with Crippen LogP contribution >= 0.6 is 0 Å². The highest BCUT2D eigenvalue weighted by Crippen LogP contribution is 2.31. The number of hydrogen-bond acceptors (Lipinski definition) is 3. The summed E-state index contributed by atoms with van der Waals surface area (Å²) >= 11 is 0. The molecule has 0 unspecified atom stereocenters. The number of phenolic OH excluding ortho intramolecular Hbond substituents is 1. The Morgan fingerprint density at radius 2 is 1.71 bits per heavy atom. The highest BCUT2D eigenvalue weighted by molar-refractivity contribution is 5.94. The second-order valence-electron chi connectivity index (χ2n) is 5.69. The molecule has 0 atom stereocenters. The van der Waals surface area contributed by atoms with E-state index >= 15 is 0 Å². The SMILES string of the molecule is CC(C)(C)OC(=O)c1c(O)ccc(-c2ccccc2)c1F. The molecule has 0 saturated carbocycles. The highest BCUT2D eigenvalue weighted by Gasteiger charge is 2.25. The number of carbonyl (C=O) groups is 1. The molecule has 0 heterocycles. The maximum atomic E-state index is 14.6. The number of aromatic hydroxyl groups is 1. The summed E-state index contributed by atoms with van der Waals surface area (Å²) in [6.45, 7) is 5.04. The fraction of sp³-hybridized carbons (Fsp3) is 0.235. The van der Waals surface area contributed by atoms with Crippen molar-refractivity contribution in [1.29, 1.82) is 0 Å². The number of halogens is 1. The van der Waals surface area contributed by atoms with Gasteiger partial charge in [0.15, 0.2) is 0 Å². The van der Waals surface area contributed by atoms with Crippen LogP contribution in [-0.4, -0.2) is 16.7 Å². The fourth-order valence-corrected chi connectivity index (χ4v) is 1.93. The van der Waals surface area contributed by atoms with Crippen LogP contribution in [0, 0.1) is 5.82 Å². The maximum absolute atomic E-state index is 14.6. The van der Waals surface area contributed by atoms with Gasteiger partial charge >= 0.3 is 5.97 Å². The fourth-order valence-electron chi connectivity index (χ4n) is 1.93. The lowest BCUT2D eigenvalue weighted by molar-refractivity contribution is 0.00619. The summed E-state index contributed by atoms with van der Waals surface area (Å²) in [6.07, 6.45) is 0. The molecule has 0 aliphatic heterocycles. The summed E-state index contributed by atoms with van der Waals surface area (Å²) in [7, 11) is 0. The predicted molar refractivity (Wildman–Crippen MR) is 78.7 cm³/mol. The Morgan fingerprint density at radius 1 is 1.10 bits per heavy atom. The molecule has 0 amide bonds. The molecule has 0 aromatic heterocycles. The van der Waals surface area contributed by atoms with E-state index in [2.05, 4.69) is 0 Å². The predicted octanol–water partition coefficient (Wildman–Crippen LogP) is 4.15. The minimum absolute atomic E-state index is 0.245. The van der Waals surface area contributed by atoms with Crippen molar-refractivity contribution in [2.24, 2.45) is 0 Å². The molecule has 21 heavy (non-hydrogen) atoms. The Labute approximate surface area is 123 Å². The third-order valence-electron chi connectivity index (χ3n) is 2.81. The van der Waals surface area contributed by atoms with Gasteiger partial charge in [-0.15, -0.1) is 0 Å². The summed E-state index contributed by atoms with van der Waals surface area (Å²) in [5, 5.41) is 9.79. The van der Waals surface area contributed by atoms with Crippen molar-refractivity contribution in [1.82, 2.24) is 0 Å². The molecule has 0 aliphatic carbocycles. The summed E-state index contributed by atoms with van der Waals surface area (Å²) in [6, 6.07) is 11.6. The van der Waals surface area contributed by atoms with Crippen LogP contribution in [0.5, 0.6) is 5.75 Å². The summed E-state index contributed by atoms with van der Waals surface area (Å²) < 4.78 is 19.7. The summed E-state index contributed by atoms with van der Waals surface area (Å²) in [5.74, 6) is -2.09. The molecule has 110 valence electrons. The van der Waals surface area contributed by atoms with Crippen molar-refractivity contribution >= 4 is 5.97 Å². The van der Waals surface area contributed by atoms with Gasteiger partial charge in [-0.1, -0.05) is 30.3 Å². The molecule has 0 fully saturated rings. The molecule has 4 heteroatoms. The summed E-state index contributed by atoms with van der Waals surface area (Å²) in [4.78, 5) is 12.1. The molecule has 2 aromatic rings. The average Bonchev–Trinajstić information content (AvgIpc) is 2.37. The number of hydrogen-bond donors (Lipinski definition) is 1. The largest absolute Gasteiger partial charge is 0.507 e. The number of rotatable bonds is 2. The Kier molecular flexibility index (Phi) is 3.98. The molecule has 0 radical (unpaired) electrons. The standard InChI is InChI=1S/C17H17FO3/c1-17(2,3)21-16(20)14-13(19)10-9-12(15(14)18)11-7-5-4-6-8-11/h4-10,19H,1-3H3. The number of ether oxygens (including phenoxy) is 1. The summed E-state index contributed by atoms with van der Waals surface area (Å²) in [5.41, 5.74) is -0.334. The Morgan fingerprint density at radius 3 is 2.29 bits per heavy atom. The molecular weight excluding hydrogens is 271 g/mol. The van der Waals surface area contributed by atoms with E-state index in [4.69, 9.17) is 4.74 Å². The number of esters is 1. The molecule has 0 aliphatic rings. The van der Waals surface area contributed by atoms with Crippen LogP contribution in [-0.2, 0) is 4.74 Å². The lowest BCUT2D eigenvalue weighted by Gasteiger charge is -2.20. The first-order chi connectivity index (χ1) is 9.79. The zero-order valence-corrected chi connectivity index (χ0v) is 12.2. The molecule has 1 N–H and O–H groups in total. The molecule has 2 rings (SSSR count). The van der Waals surface area contributed by atoms with Gasteiger partial charge in [0.1, 0.15) is 22.7 Å². The first-order valence-corrected chi connectivity index (χ1v) is 6.60. The van der Waals surface area contributed by atoms with Crippen LogP contribution in [0.15, 0.2) is 42.5 Å². The van der Waals surface area contributed by atoms with Crippen molar-refractivity contribution in [2.75, 3.05) is 0 Å². The molecule has 2 aromatic carbocycles. The molecule has 0 spiro atoms. The zero-order valence-electron chi connectivity index (χ0n) is 12.2. The van der Waals surface area contributed by atoms with E-state index in [1.54, 1.807) is 45.0 Å². The van der Waals surface area contributed by atoms with Crippen molar-refractivity contribution in [3.63, 3.8) is 0 Å². The van der Waals surface area contributed by atoms with Crippen LogP contribution in [0.25, 0.3) is 11.1 Å². The van der Waals surface area contributed by atoms with E-state index in [-0.39, 0.29) is 5.56 Å². The van der Waals surface area contributed by atoms with E-state index < -0.39 is 28.7 Å². The van der Waals surface area contributed by atoms with Crippen molar-refractivity contribution in [3.8, 4) is 16.9 Å². The van der Waals surface area contributed by atoms with E-state index in [0.29, 0.717) is 5.56 Å². The van der Waals surface area contributed by atoms with Crippen molar-refractivity contribution in [3.05, 3.63) is 53.8 Å². The van der Waals surface area contributed by atoms with E-state index in [1.807, 2.05) is 6.07 Å². The van der Waals surface area contributed by atoms with Crippen LogP contribution in [0.3, 0.4) is 0 Å². The number of benzene rings is 2. The van der Waals surface area contributed by atoms with Gasteiger partial charge in [-0.3, -0.25) is 0 Å². The Bertz CT molecular complexity index is 658. The first-order valence-electron chi connectivity index (χ1n) is 6.60. The van der Waals surface area contributed by atoms with E-state index in [0.717, 1.165) is 0 Å². The monoisotopic (exact) mass is 288 g/mol. The van der Waals surface area contributed by atoms with Gasteiger partial charge in [-0.2, -0.15) is 0 Å². The highest BCUT2D eigenvalue weighted by atomic mass is 19.1. The smallest absolute Gasteiger partial charge is 0.345 e. The van der Waals surface area contributed by atoms with Gasteiger partial charge < -0.3 is 9.84 Å². The van der Waals surface area contributed by atoms with E-state index in [1.165, 1.54) is 12.1 Å². The second-order valence-corrected chi connectivity index (χ2v) is 5.69. The third-order valence-corrected chi connectivity index (χ3v) is 2.81. The van der Waals surface area contributed by atoms with Crippen LogP contribution in [0.4, 0.5) is 4.39 Å². The van der Waals surface area contributed by atoms with Crippen LogP contribution < -0.4 is 0 Å². The normalized spacial score (nSPS) is 11.2. The number of carbonyl (C=O) groups excluding carboxylic acids is 1. The van der Waals surface area contributed by atoms with Gasteiger partial charge in [0, 0.05) is 5.56 Å². The van der Waals surface area contributed by atoms with E-state index in [9.17, 15) is 14.3 Å². The Hall–Kier alpha value is -2.36. The Balaban J connectivity index is 2.50. The average molecular weight is 288 g/mol. The molecule has 3 nitrogen and oxygen atoms in total. The minimum Gasteiger partial charge on any atom is -0.507 e. The molecule has 0 bridgehead atoms. The topological polar surface area (TPSA) is 46.5 Å². The lowest BCUT2D eigenvalue weighted by Crippen LogP contribution is -2.24. The maximum Gasteiger partial charge on any atom is 0.345 e. The van der Waals surface area contributed by atoms with Crippen LogP contribution in [0.2, 0.25) is 0 Å². The second kappa shape index (κ2) is 5.56. The quantitative estimate of drug-likeness (QED) is 0.844. The first kappa shape index (κ1) is 15.0. The van der Waals surface area contributed by atoms with Crippen molar-refractivity contribution < 1.29 is 19.0 Å². The molecule has 0 saturated heterocycles. The third kappa shape index (κ3) is 3.40. The minimum atomic E-state index is -0.879. The van der Waals surface area contributed by atoms with Gasteiger partial charge in [0.05, 0.1) is 0 Å².